The van der Waals surface area contributed by atoms with Gasteiger partial charge in [-0.25, -0.2) is 4.79 Å². The molecule has 1 saturated carbocycles. The summed E-state index contributed by atoms with van der Waals surface area (Å²) in [6.45, 7) is 3.69. The van der Waals surface area contributed by atoms with Crippen LogP contribution in [0.25, 0.3) is 21.3 Å². The molecule has 2 heterocycles. The number of carbonyl (C=O) groups excluding carboxylic acids is 3. The van der Waals surface area contributed by atoms with Crippen molar-refractivity contribution in [3.05, 3.63) is 112 Å². The van der Waals surface area contributed by atoms with E-state index in [0.29, 0.717) is 65.8 Å². The molecule has 1 saturated heterocycles. The third kappa shape index (κ3) is 10.3. The van der Waals surface area contributed by atoms with Crippen LogP contribution in [-0.2, 0) is 20.9 Å². The van der Waals surface area contributed by atoms with Crippen molar-refractivity contribution in [3.63, 3.8) is 0 Å². The van der Waals surface area contributed by atoms with Crippen molar-refractivity contribution >= 4 is 50.8 Å². The number of hydrogen-bond donors (Lipinski definition) is 6. The Morgan fingerprint density at radius 1 is 0.931 bits per heavy atom. The second-order valence-electron chi connectivity index (χ2n) is 15.3. The van der Waals surface area contributed by atoms with Crippen LogP contribution < -0.4 is 20.8 Å². The van der Waals surface area contributed by atoms with Crippen LogP contribution in [0.1, 0.15) is 49.3 Å². The minimum atomic E-state index is -0.874. The highest BCUT2D eigenvalue weighted by atomic mass is 32.1. The van der Waals surface area contributed by atoms with Gasteiger partial charge in [0.2, 0.25) is 11.8 Å². The van der Waals surface area contributed by atoms with E-state index in [1.807, 2.05) is 78.9 Å². The Morgan fingerprint density at radius 3 is 2.41 bits per heavy atom. The Balaban J connectivity index is 0.751. The van der Waals surface area contributed by atoms with Crippen LogP contribution in [0.3, 0.4) is 0 Å². The van der Waals surface area contributed by atoms with Crippen LogP contribution in [-0.4, -0.2) is 88.8 Å². The minimum absolute atomic E-state index is 0.0340. The summed E-state index contributed by atoms with van der Waals surface area (Å²) >= 11 is 0.951. The molecule has 2 fully saturated rings. The van der Waals surface area contributed by atoms with Crippen LogP contribution in [0.15, 0.2) is 95.8 Å². The highest BCUT2D eigenvalue weighted by Crippen LogP contribution is 2.40. The Hall–Kier alpha value is -5.54. The Kier molecular flexibility index (Phi) is 13.2. The molecular weight excluding hydrogens is 757 g/mol. The van der Waals surface area contributed by atoms with Crippen LogP contribution in [0.2, 0.25) is 0 Å². The van der Waals surface area contributed by atoms with E-state index in [1.54, 1.807) is 18.0 Å². The zero-order chi connectivity index (χ0) is 40.6. The van der Waals surface area contributed by atoms with Gasteiger partial charge in [0.05, 0.1) is 16.5 Å². The number of anilines is 2. The largest absolute Gasteiger partial charge is 0.506 e. The number of hydrogen-bond acceptors (Lipinski definition) is 10. The lowest BCUT2D eigenvalue weighted by Crippen LogP contribution is -2.33. The number of phenols is 1. The van der Waals surface area contributed by atoms with E-state index in [9.17, 15) is 29.4 Å². The van der Waals surface area contributed by atoms with Gasteiger partial charge in [-0.2, -0.15) is 0 Å². The average molecular weight is 807 g/mol. The first-order chi connectivity index (χ1) is 28.1. The molecule has 4 atom stereocenters. The number of H-pyrrole nitrogens is 1. The fourth-order valence-corrected chi connectivity index (χ4v) is 9.03. The van der Waals surface area contributed by atoms with Crippen molar-refractivity contribution in [2.24, 2.45) is 11.8 Å². The number of aromatic nitrogens is 1. The van der Waals surface area contributed by atoms with E-state index < -0.39 is 12.2 Å². The molecule has 0 bridgehead atoms. The zero-order valence-electron chi connectivity index (χ0n) is 32.5. The number of nitrogens with one attached hydrogen (secondary N) is 4. The fourth-order valence-electron chi connectivity index (χ4n) is 8.11. The van der Waals surface area contributed by atoms with Gasteiger partial charge >= 0.3 is 11.0 Å². The second-order valence-corrected chi connectivity index (χ2v) is 16.3. The quantitative estimate of drug-likeness (QED) is 0.0668. The molecule has 6 N–H and O–H groups in total. The molecule has 3 amide bonds. The molecular formula is C44H50N6O7S. The molecule has 2 aliphatic rings. The molecule has 14 heteroatoms. The number of aromatic amines is 1. The van der Waals surface area contributed by atoms with Crippen LogP contribution >= 0.6 is 11.3 Å². The molecule has 4 aromatic carbocycles. The topological polar surface area (TPSA) is 176 Å². The van der Waals surface area contributed by atoms with Gasteiger partial charge in [0.15, 0.2) is 0 Å². The van der Waals surface area contributed by atoms with E-state index in [0.717, 1.165) is 59.6 Å². The van der Waals surface area contributed by atoms with E-state index in [2.05, 4.69) is 25.8 Å². The first-order valence-corrected chi connectivity index (χ1v) is 20.6. The zero-order valence-corrected chi connectivity index (χ0v) is 33.3. The number of para-hydroxylation sites is 1. The van der Waals surface area contributed by atoms with Gasteiger partial charge < -0.3 is 40.4 Å². The summed E-state index contributed by atoms with van der Waals surface area (Å²) in [5, 5.41) is 29.8. The normalized spacial score (nSPS) is 18.1. The van der Waals surface area contributed by atoms with E-state index in [-0.39, 0.29) is 41.5 Å². The van der Waals surface area contributed by atoms with E-state index >= 15 is 0 Å². The summed E-state index contributed by atoms with van der Waals surface area (Å²) in [7, 11) is 1.78. The highest BCUT2D eigenvalue weighted by Gasteiger charge is 2.42. The number of phenolic OH excluding ortho intramolecular Hbond substituents is 1. The molecule has 5 aromatic rings. The summed E-state index contributed by atoms with van der Waals surface area (Å²) < 4.78 is 6.40. The average Bonchev–Trinajstić information content (AvgIpc) is 3.91. The maximum atomic E-state index is 12.9. The predicted molar refractivity (Wildman–Crippen MR) is 226 cm³/mol. The molecule has 7 rings (SSSR count). The molecule has 0 spiro atoms. The predicted octanol–water partition coefficient (Wildman–Crippen LogP) is 6.31. The van der Waals surface area contributed by atoms with Gasteiger partial charge in [0.1, 0.15) is 17.4 Å². The molecule has 304 valence electrons. The van der Waals surface area contributed by atoms with Gasteiger partial charge in [0.25, 0.3) is 0 Å². The number of benzene rings is 4. The van der Waals surface area contributed by atoms with Gasteiger partial charge in [-0.15, -0.1) is 0 Å². The lowest BCUT2D eigenvalue weighted by Gasteiger charge is -2.21. The smallest absolute Gasteiger partial charge is 0.411 e. The number of aliphatic hydroxyl groups excluding tert-OH is 1. The molecule has 1 aliphatic carbocycles. The number of fused-ring (bicyclic) bond motifs is 2. The highest BCUT2D eigenvalue weighted by molar-refractivity contribution is 7.16. The first kappa shape index (κ1) is 40.6. The summed E-state index contributed by atoms with van der Waals surface area (Å²) in [5.41, 5.74) is 5.22. The first-order valence-electron chi connectivity index (χ1n) is 19.8. The lowest BCUT2D eigenvalue weighted by atomic mass is 10.0. The van der Waals surface area contributed by atoms with Crippen molar-refractivity contribution in [2.75, 3.05) is 50.4 Å². The van der Waals surface area contributed by atoms with Crippen molar-refractivity contribution in [1.29, 1.82) is 0 Å². The van der Waals surface area contributed by atoms with Crippen molar-refractivity contribution in [1.82, 2.24) is 20.1 Å². The Morgan fingerprint density at radius 2 is 1.66 bits per heavy atom. The van der Waals surface area contributed by atoms with Crippen molar-refractivity contribution in [2.45, 2.75) is 50.9 Å². The maximum absolute atomic E-state index is 12.9. The number of likely N-dealkylation sites (tertiary alicyclic amines) is 1. The molecule has 0 radical (unpaired) electrons. The fraction of sp³-hybridized carbons (Fsp3) is 0.364. The number of aromatic hydroxyl groups is 1. The SMILES string of the molecule is CN(CCCC(=O)Nc1ccc(CNC[C@H](O)c2ccc(O)c3[nH]c(=O)sc23)cc1)C(=O)CCN1C[C@H]2C[C@H](OC(=O)Nc3ccccc3-c3ccccc3)C[C@H]2C1. The Bertz CT molecular complexity index is 2250. The number of thiazole rings is 1. The van der Waals surface area contributed by atoms with Crippen LogP contribution in [0, 0.1) is 11.8 Å². The van der Waals surface area contributed by atoms with Gasteiger partial charge in [-0.3, -0.25) is 19.7 Å². The minimum Gasteiger partial charge on any atom is -0.506 e. The van der Waals surface area contributed by atoms with Crippen molar-refractivity contribution in [3.8, 4) is 16.9 Å². The molecule has 58 heavy (non-hydrogen) atoms. The molecule has 1 aliphatic heterocycles. The van der Waals surface area contributed by atoms with Crippen LogP contribution in [0.4, 0.5) is 16.2 Å². The van der Waals surface area contributed by atoms with Crippen molar-refractivity contribution < 1.29 is 29.3 Å². The molecule has 0 unspecified atom stereocenters. The summed E-state index contributed by atoms with van der Waals surface area (Å²) in [6, 6.07) is 28.2. The van der Waals surface area contributed by atoms with Gasteiger partial charge in [0, 0.05) is 76.0 Å². The molecule has 1 aromatic heterocycles. The number of nitrogens with zero attached hydrogens (tertiary/aromatic N) is 2. The third-order valence-electron chi connectivity index (χ3n) is 11.1. The number of aliphatic hydroxyl groups is 1. The number of rotatable bonds is 16. The standard InChI is InChI=1S/C44H50N6O7S/c1-49(20-7-12-39(53)46-32-15-13-28(14-16-32)24-45-25-38(52)35-17-18-37(51)41-42(35)58-44(56)48-41)40(54)19-21-50-26-30-22-33(23-31(30)27-50)57-43(55)47-36-11-6-5-10-34(36)29-8-3-2-4-9-29/h2-6,8-11,13-18,30-31,33,38,45,51-52H,7,12,19-27H2,1H3,(H,46,53)(H,47,55)(H,48,56)/t30-,31+,33+,38-/m0/s1. The monoisotopic (exact) mass is 806 g/mol. The summed E-state index contributed by atoms with van der Waals surface area (Å²) in [4.78, 5) is 56.6. The van der Waals surface area contributed by atoms with Gasteiger partial charge in [-0.1, -0.05) is 78.1 Å². The maximum Gasteiger partial charge on any atom is 0.411 e. The Labute approximate surface area is 341 Å². The van der Waals surface area contributed by atoms with E-state index in [1.165, 1.54) is 6.07 Å². The third-order valence-corrected chi connectivity index (χ3v) is 12.1. The number of carbonyl (C=O) groups is 3. The van der Waals surface area contributed by atoms with Gasteiger partial charge in [-0.05, 0) is 66.5 Å². The lowest BCUT2D eigenvalue weighted by molar-refractivity contribution is -0.130. The van der Waals surface area contributed by atoms with Crippen LogP contribution in [0.5, 0.6) is 5.75 Å². The van der Waals surface area contributed by atoms with E-state index in [4.69, 9.17) is 4.74 Å². The number of ether oxygens (including phenoxy) is 1. The summed E-state index contributed by atoms with van der Waals surface area (Å²) in [5.74, 6) is 0.785. The molecule has 13 nitrogen and oxygen atoms in total. The number of amides is 3. The summed E-state index contributed by atoms with van der Waals surface area (Å²) in [6.07, 6.45) is 1.48. The second kappa shape index (κ2) is 18.8.